The zero-order chi connectivity index (χ0) is 14.5. The maximum absolute atomic E-state index is 13.3. The van der Waals surface area contributed by atoms with Crippen molar-refractivity contribution in [2.75, 3.05) is 17.2 Å². The fourth-order valence-electron chi connectivity index (χ4n) is 1.55. The van der Waals surface area contributed by atoms with Gasteiger partial charge >= 0.3 is 0 Å². The molecule has 0 fully saturated rings. The van der Waals surface area contributed by atoms with E-state index in [2.05, 4.69) is 10.6 Å². The minimum atomic E-state index is -0.815. The third kappa shape index (κ3) is 3.68. The highest BCUT2D eigenvalue weighted by molar-refractivity contribution is 6.30. The molecule has 6 heteroatoms. The number of hydrogen-bond donors (Lipinski definition) is 2. The van der Waals surface area contributed by atoms with Crippen LogP contribution in [0.5, 0.6) is 0 Å². The second-order valence-electron chi connectivity index (χ2n) is 4.01. The number of benzene rings is 2. The van der Waals surface area contributed by atoms with Crippen molar-refractivity contribution in [3.63, 3.8) is 0 Å². The Hall–Kier alpha value is -2.14. The molecule has 0 aliphatic heterocycles. The van der Waals surface area contributed by atoms with Gasteiger partial charge in [-0.25, -0.2) is 8.78 Å². The van der Waals surface area contributed by atoms with Gasteiger partial charge in [-0.05, 0) is 36.4 Å². The SMILES string of the molecule is O=C(CNc1ccc(Cl)cc1)Nc1c(F)cccc1F. The number of nitrogens with one attached hydrogen (secondary N) is 2. The van der Waals surface area contributed by atoms with Crippen molar-refractivity contribution >= 4 is 28.9 Å². The highest BCUT2D eigenvalue weighted by atomic mass is 35.5. The smallest absolute Gasteiger partial charge is 0.243 e. The van der Waals surface area contributed by atoms with Crippen LogP contribution >= 0.6 is 11.6 Å². The first-order chi connectivity index (χ1) is 9.56. The van der Waals surface area contributed by atoms with E-state index in [0.29, 0.717) is 10.7 Å². The van der Waals surface area contributed by atoms with Crippen LogP contribution in [0.2, 0.25) is 5.02 Å². The molecule has 104 valence electrons. The van der Waals surface area contributed by atoms with E-state index < -0.39 is 23.2 Å². The highest BCUT2D eigenvalue weighted by Gasteiger charge is 2.11. The average molecular weight is 297 g/mol. The molecule has 0 unspecified atom stereocenters. The van der Waals surface area contributed by atoms with Crippen LogP contribution in [0, 0.1) is 11.6 Å². The number of anilines is 2. The molecule has 20 heavy (non-hydrogen) atoms. The molecule has 0 aromatic heterocycles. The van der Waals surface area contributed by atoms with E-state index in [1.54, 1.807) is 24.3 Å². The first-order valence-electron chi connectivity index (χ1n) is 5.79. The van der Waals surface area contributed by atoms with Crippen LogP contribution in [-0.4, -0.2) is 12.5 Å². The molecule has 1 amide bonds. The third-order valence-electron chi connectivity index (χ3n) is 2.52. The number of halogens is 3. The summed E-state index contributed by atoms with van der Waals surface area (Å²) in [5.74, 6) is -2.18. The van der Waals surface area contributed by atoms with Crippen molar-refractivity contribution in [3.8, 4) is 0 Å². The lowest BCUT2D eigenvalue weighted by Gasteiger charge is -2.09. The van der Waals surface area contributed by atoms with E-state index in [0.717, 1.165) is 12.1 Å². The van der Waals surface area contributed by atoms with Gasteiger partial charge in [0.15, 0.2) is 0 Å². The Morgan fingerprint density at radius 1 is 1.05 bits per heavy atom. The molecular weight excluding hydrogens is 286 g/mol. The zero-order valence-corrected chi connectivity index (χ0v) is 11.0. The molecule has 0 atom stereocenters. The molecule has 2 aromatic rings. The van der Waals surface area contributed by atoms with Crippen molar-refractivity contribution < 1.29 is 13.6 Å². The van der Waals surface area contributed by atoms with Gasteiger partial charge in [-0.15, -0.1) is 0 Å². The summed E-state index contributed by atoms with van der Waals surface area (Å²) in [6.45, 7) is -0.116. The van der Waals surface area contributed by atoms with Crippen LogP contribution in [-0.2, 0) is 4.79 Å². The Morgan fingerprint density at radius 3 is 2.25 bits per heavy atom. The quantitative estimate of drug-likeness (QED) is 0.904. The monoisotopic (exact) mass is 296 g/mol. The van der Waals surface area contributed by atoms with Crippen molar-refractivity contribution in [2.24, 2.45) is 0 Å². The third-order valence-corrected chi connectivity index (χ3v) is 2.78. The summed E-state index contributed by atoms with van der Waals surface area (Å²) in [6.07, 6.45) is 0. The predicted molar refractivity (Wildman–Crippen MR) is 74.9 cm³/mol. The van der Waals surface area contributed by atoms with Gasteiger partial charge in [0.25, 0.3) is 0 Å². The van der Waals surface area contributed by atoms with Gasteiger partial charge < -0.3 is 10.6 Å². The molecular formula is C14H11ClF2N2O. The summed E-state index contributed by atoms with van der Waals surface area (Å²) in [6, 6.07) is 10.1. The number of carbonyl (C=O) groups excluding carboxylic acids is 1. The summed E-state index contributed by atoms with van der Waals surface area (Å²) in [7, 11) is 0. The van der Waals surface area contributed by atoms with Gasteiger partial charge in [-0.1, -0.05) is 17.7 Å². The summed E-state index contributed by atoms with van der Waals surface area (Å²) < 4.78 is 26.7. The van der Waals surface area contributed by atoms with E-state index in [1.807, 2.05) is 0 Å². The van der Waals surface area contributed by atoms with Crippen molar-refractivity contribution in [2.45, 2.75) is 0 Å². The topological polar surface area (TPSA) is 41.1 Å². The molecule has 0 aliphatic carbocycles. The number of rotatable bonds is 4. The maximum Gasteiger partial charge on any atom is 0.243 e. The van der Waals surface area contributed by atoms with Gasteiger partial charge in [0.2, 0.25) is 5.91 Å². The fraction of sp³-hybridized carbons (Fsp3) is 0.0714. The Balaban J connectivity index is 1.94. The minimum Gasteiger partial charge on any atom is -0.376 e. The van der Waals surface area contributed by atoms with E-state index in [1.165, 1.54) is 6.07 Å². The van der Waals surface area contributed by atoms with Crippen LogP contribution in [0.1, 0.15) is 0 Å². The fourth-order valence-corrected chi connectivity index (χ4v) is 1.68. The Morgan fingerprint density at radius 2 is 1.65 bits per heavy atom. The summed E-state index contributed by atoms with van der Waals surface area (Å²) >= 11 is 5.73. The summed E-state index contributed by atoms with van der Waals surface area (Å²) in [5, 5.41) is 5.58. The van der Waals surface area contributed by atoms with Crippen molar-refractivity contribution in [1.29, 1.82) is 0 Å². The number of hydrogen-bond acceptors (Lipinski definition) is 2. The first-order valence-corrected chi connectivity index (χ1v) is 6.17. The van der Waals surface area contributed by atoms with Crippen LogP contribution in [0.25, 0.3) is 0 Å². The van der Waals surface area contributed by atoms with Gasteiger partial charge in [0, 0.05) is 10.7 Å². The van der Waals surface area contributed by atoms with Crippen LogP contribution in [0.15, 0.2) is 42.5 Å². The molecule has 0 bridgehead atoms. The van der Waals surface area contributed by atoms with Gasteiger partial charge in [-0.3, -0.25) is 4.79 Å². The van der Waals surface area contributed by atoms with Crippen molar-refractivity contribution in [1.82, 2.24) is 0 Å². The molecule has 0 saturated heterocycles. The summed E-state index contributed by atoms with van der Waals surface area (Å²) in [4.78, 5) is 11.6. The van der Waals surface area contributed by atoms with Crippen LogP contribution < -0.4 is 10.6 Å². The Kier molecular flexibility index (Phi) is 4.53. The standard InChI is InChI=1S/C14H11ClF2N2O/c15-9-4-6-10(7-5-9)18-8-13(20)19-14-11(16)2-1-3-12(14)17/h1-7,18H,8H2,(H,19,20). The van der Waals surface area contributed by atoms with E-state index in [-0.39, 0.29) is 6.54 Å². The average Bonchev–Trinajstić information content (AvgIpc) is 2.42. The van der Waals surface area contributed by atoms with E-state index >= 15 is 0 Å². The van der Waals surface area contributed by atoms with Crippen molar-refractivity contribution in [3.05, 3.63) is 59.1 Å². The lowest BCUT2D eigenvalue weighted by Crippen LogP contribution is -2.22. The maximum atomic E-state index is 13.3. The molecule has 2 rings (SSSR count). The van der Waals surface area contributed by atoms with Gasteiger partial charge in [0.05, 0.1) is 6.54 Å². The van der Waals surface area contributed by atoms with Gasteiger partial charge in [-0.2, -0.15) is 0 Å². The predicted octanol–water partition coefficient (Wildman–Crippen LogP) is 3.67. The lowest BCUT2D eigenvalue weighted by molar-refractivity contribution is -0.114. The summed E-state index contributed by atoms with van der Waals surface area (Å²) in [5.41, 5.74) is 0.231. The van der Waals surface area contributed by atoms with Gasteiger partial charge in [0.1, 0.15) is 17.3 Å². The molecule has 2 N–H and O–H groups in total. The zero-order valence-electron chi connectivity index (χ0n) is 10.3. The first kappa shape index (κ1) is 14.3. The molecule has 2 aromatic carbocycles. The molecule has 0 radical (unpaired) electrons. The Labute approximate surface area is 119 Å². The normalized spacial score (nSPS) is 10.2. The molecule has 0 heterocycles. The highest BCUT2D eigenvalue weighted by Crippen LogP contribution is 2.18. The molecule has 0 spiro atoms. The van der Waals surface area contributed by atoms with Crippen LogP contribution in [0.3, 0.4) is 0 Å². The second-order valence-corrected chi connectivity index (χ2v) is 4.44. The Bertz CT molecular complexity index is 597. The van der Waals surface area contributed by atoms with E-state index in [4.69, 9.17) is 11.6 Å². The molecule has 3 nitrogen and oxygen atoms in total. The van der Waals surface area contributed by atoms with E-state index in [9.17, 15) is 13.6 Å². The van der Waals surface area contributed by atoms with Crippen LogP contribution in [0.4, 0.5) is 20.2 Å². The molecule has 0 saturated carbocycles. The lowest BCUT2D eigenvalue weighted by atomic mass is 10.3. The largest absolute Gasteiger partial charge is 0.376 e. The second kappa shape index (κ2) is 6.34. The molecule has 0 aliphatic rings. The number of carbonyl (C=O) groups is 1. The number of para-hydroxylation sites is 1. The number of amides is 1. The minimum absolute atomic E-state index is 0.116.